The summed E-state index contributed by atoms with van der Waals surface area (Å²) in [6.07, 6.45) is 0. The van der Waals surface area contributed by atoms with Gasteiger partial charge in [-0.1, -0.05) is 0 Å². The molecule has 1 aromatic carbocycles. The molecule has 0 aliphatic carbocycles. The first-order valence-electron chi connectivity index (χ1n) is 10.3. The zero-order valence-electron chi connectivity index (χ0n) is 19.0. The molecule has 0 aromatic heterocycles. The number of hydrogen-bond donors (Lipinski definition) is 2. The Bertz CT molecular complexity index is 1100. The summed E-state index contributed by atoms with van der Waals surface area (Å²) >= 11 is 0. The standard InChI is InChI=1S/C20H26N4O9S/c1-20(2)18(27)24(19(28)22-20)11-17(26)33-12-16(25)21-14-10-13(4-5-15(14)31-3)34(29,30)23-6-8-32-9-7-23/h4-5,10H,6-9,11-12H2,1-3H3,(H,21,25)(H,22,28). The lowest BCUT2D eigenvalue weighted by atomic mass is 10.1. The van der Waals surface area contributed by atoms with Crippen molar-refractivity contribution >= 4 is 39.5 Å². The molecule has 2 saturated heterocycles. The molecule has 0 bridgehead atoms. The van der Waals surface area contributed by atoms with Crippen LogP contribution in [-0.2, 0) is 33.9 Å². The molecule has 2 aliphatic rings. The second kappa shape index (κ2) is 9.95. The van der Waals surface area contributed by atoms with E-state index in [0.29, 0.717) is 4.90 Å². The number of morpholine rings is 1. The largest absolute Gasteiger partial charge is 0.495 e. The molecular weight excluding hydrogens is 472 g/mol. The van der Waals surface area contributed by atoms with E-state index in [1.54, 1.807) is 0 Å². The minimum absolute atomic E-state index is 0.0522. The van der Waals surface area contributed by atoms with Gasteiger partial charge in [0.05, 0.1) is 30.9 Å². The fraction of sp³-hybridized carbons (Fsp3) is 0.500. The van der Waals surface area contributed by atoms with Crippen LogP contribution in [0, 0.1) is 0 Å². The quantitative estimate of drug-likeness (QED) is 0.357. The van der Waals surface area contributed by atoms with E-state index in [1.807, 2.05) is 0 Å². The van der Waals surface area contributed by atoms with E-state index in [0.717, 1.165) is 0 Å². The molecule has 4 amide bonds. The number of esters is 1. The molecule has 13 nitrogen and oxygen atoms in total. The number of nitrogens with zero attached hydrogens (tertiary/aromatic N) is 2. The first-order valence-corrected chi connectivity index (χ1v) is 11.8. The first-order chi connectivity index (χ1) is 16.0. The topological polar surface area (TPSA) is 161 Å². The van der Waals surface area contributed by atoms with Crippen LogP contribution in [0.2, 0.25) is 0 Å². The summed E-state index contributed by atoms with van der Waals surface area (Å²) < 4.78 is 42.3. The molecule has 14 heteroatoms. The third-order valence-corrected chi connectivity index (χ3v) is 7.04. The zero-order chi connectivity index (χ0) is 25.1. The summed E-state index contributed by atoms with van der Waals surface area (Å²) in [6.45, 7) is 2.59. The molecule has 0 radical (unpaired) electrons. The molecule has 2 heterocycles. The highest BCUT2D eigenvalue weighted by Gasteiger charge is 2.45. The van der Waals surface area contributed by atoms with Crippen molar-refractivity contribution in [3.8, 4) is 5.75 Å². The fourth-order valence-corrected chi connectivity index (χ4v) is 4.78. The van der Waals surface area contributed by atoms with E-state index < -0.39 is 52.5 Å². The SMILES string of the molecule is COc1ccc(S(=O)(=O)N2CCOCC2)cc1NC(=O)COC(=O)CN1C(=O)NC(C)(C)C1=O. The van der Waals surface area contributed by atoms with E-state index in [4.69, 9.17) is 14.2 Å². The van der Waals surface area contributed by atoms with Crippen molar-refractivity contribution in [3.05, 3.63) is 18.2 Å². The zero-order valence-corrected chi connectivity index (χ0v) is 19.8. The minimum Gasteiger partial charge on any atom is -0.495 e. The molecule has 1 aromatic rings. The maximum atomic E-state index is 12.9. The van der Waals surface area contributed by atoms with Crippen LogP contribution in [0.1, 0.15) is 13.8 Å². The van der Waals surface area contributed by atoms with Crippen molar-refractivity contribution in [2.45, 2.75) is 24.3 Å². The van der Waals surface area contributed by atoms with Crippen molar-refractivity contribution in [2.75, 3.05) is 51.9 Å². The van der Waals surface area contributed by atoms with Crippen LogP contribution in [0.25, 0.3) is 0 Å². The van der Waals surface area contributed by atoms with Crippen LogP contribution in [0.4, 0.5) is 10.5 Å². The van der Waals surface area contributed by atoms with Crippen molar-refractivity contribution in [1.82, 2.24) is 14.5 Å². The van der Waals surface area contributed by atoms with Gasteiger partial charge in [-0.3, -0.25) is 19.3 Å². The number of carbonyl (C=O) groups excluding carboxylic acids is 4. The lowest BCUT2D eigenvalue weighted by Crippen LogP contribution is -2.41. The highest BCUT2D eigenvalue weighted by atomic mass is 32.2. The van der Waals surface area contributed by atoms with Gasteiger partial charge in [0.15, 0.2) is 6.61 Å². The predicted molar refractivity (Wildman–Crippen MR) is 116 cm³/mol. The average Bonchev–Trinajstić information content (AvgIpc) is 2.99. The lowest BCUT2D eigenvalue weighted by Gasteiger charge is -2.26. The average molecular weight is 499 g/mol. The Balaban J connectivity index is 1.63. The summed E-state index contributed by atoms with van der Waals surface area (Å²) in [7, 11) is -2.47. The monoisotopic (exact) mass is 498 g/mol. The fourth-order valence-electron chi connectivity index (χ4n) is 3.35. The van der Waals surface area contributed by atoms with Gasteiger partial charge in [0, 0.05) is 13.1 Å². The van der Waals surface area contributed by atoms with Crippen molar-refractivity contribution in [3.63, 3.8) is 0 Å². The van der Waals surface area contributed by atoms with E-state index >= 15 is 0 Å². The molecule has 2 aliphatic heterocycles. The molecular formula is C20H26N4O9S. The highest BCUT2D eigenvalue weighted by Crippen LogP contribution is 2.29. The maximum Gasteiger partial charge on any atom is 0.326 e. The van der Waals surface area contributed by atoms with Gasteiger partial charge in [-0.15, -0.1) is 0 Å². The second-order valence-electron chi connectivity index (χ2n) is 8.03. The van der Waals surface area contributed by atoms with Crippen LogP contribution in [-0.4, -0.2) is 93.5 Å². The van der Waals surface area contributed by atoms with Crippen LogP contribution >= 0.6 is 0 Å². The first kappa shape index (κ1) is 25.4. The van der Waals surface area contributed by atoms with E-state index in [1.165, 1.54) is 43.5 Å². The Morgan fingerprint density at radius 3 is 2.47 bits per heavy atom. The summed E-state index contributed by atoms with van der Waals surface area (Å²) in [5.74, 6) is -2.14. The number of carbonyl (C=O) groups is 4. The predicted octanol–water partition coefficient (Wildman–Crippen LogP) is -0.472. The molecule has 0 spiro atoms. The van der Waals surface area contributed by atoms with Crippen LogP contribution in [0.15, 0.2) is 23.1 Å². The number of anilines is 1. The number of urea groups is 1. The minimum atomic E-state index is -3.82. The molecule has 186 valence electrons. The number of benzene rings is 1. The van der Waals surface area contributed by atoms with Gasteiger partial charge < -0.3 is 24.8 Å². The van der Waals surface area contributed by atoms with Gasteiger partial charge in [0.25, 0.3) is 11.8 Å². The van der Waals surface area contributed by atoms with Crippen LogP contribution in [0.3, 0.4) is 0 Å². The number of ether oxygens (including phenoxy) is 3. The third kappa shape index (κ3) is 5.46. The van der Waals surface area contributed by atoms with Gasteiger partial charge in [-0.2, -0.15) is 4.31 Å². The van der Waals surface area contributed by atoms with Crippen molar-refractivity contribution in [1.29, 1.82) is 0 Å². The van der Waals surface area contributed by atoms with Crippen LogP contribution in [0.5, 0.6) is 5.75 Å². The summed E-state index contributed by atoms with van der Waals surface area (Å²) in [5.41, 5.74) is -1.08. The lowest BCUT2D eigenvalue weighted by molar-refractivity contribution is -0.150. The normalized spacial score (nSPS) is 18.4. The Hall–Kier alpha value is -3.23. The summed E-state index contributed by atoms with van der Waals surface area (Å²) in [4.78, 5) is 49.0. The molecule has 0 atom stereocenters. The Labute approximate surface area is 196 Å². The summed E-state index contributed by atoms with van der Waals surface area (Å²) in [6, 6.07) is 3.27. The van der Waals surface area contributed by atoms with Crippen molar-refractivity contribution < 1.29 is 41.8 Å². The van der Waals surface area contributed by atoms with Gasteiger partial charge in [0.2, 0.25) is 10.0 Å². The molecule has 0 unspecified atom stereocenters. The molecule has 34 heavy (non-hydrogen) atoms. The molecule has 0 saturated carbocycles. The molecule has 3 rings (SSSR count). The summed E-state index contributed by atoms with van der Waals surface area (Å²) in [5, 5.41) is 4.87. The van der Waals surface area contributed by atoms with E-state index in [-0.39, 0.29) is 42.6 Å². The van der Waals surface area contributed by atoms with Gasteiger partial charge in [-0.25, -0.2) is 13.2 Å². The number of rotatable bonds is 8. The Morgan fingerprint density at radius 2 is 1.88 bits per heavy atom. The number of sulfonamides is 1. The Kier molecular flexibility index (Phi) is 7.43. The highest BCUT2D eigenvalue weighted by molar-refractivity contribution is 7.89. The second-order valence-corrected chi connectivity index (χ2v) is 9.97. The van der Waals surface area contributed by atoms with Crippen molar-refractivity contribution in [2.24, 2.45) is 0 Å². The van der Waals surface area contributed by atoms with E-state index in [9.17, 15) is 27.6 Å². The molecule has 2 N–H and O–H groups in total. The van der Waals surface area contributed by atoms with Crippen LogP contribution < -0.4 is 15.4 Å². The number of nitrogens with one attached hydrogen (secondary N) is 2. The Morgan fingerprint density at radius 1 is 1.21 bits per heavy atom. The number of methoxy groups -OCH3 is 1. The van der Waals surface area contributed by atoms with Gasteiger partial charge in [0.1, 0.15) is 17.8 Å². The third-order valence-electron chi connectivity index (χ3n) is 5.15. The number of amides is 4. The molecule has 2 fully saturated rings. The number of hydrogen-bond acceptors (Lipinski definition) is 9. The maximum absolute atomic E-state index is 12.9. The number of imide groups is 1. The van der Waals surface area contributed by atoms with Gasteiger partial charge >= 0.3 is 12.0 Å². The smallest absolute Gasteiger partial charge is 0.326 e. The van der Waals surface area contributed by atoms with Gasteiger partial charge in [-0.05, 0) is 32.0 Å². The van der Waals surface area contributed by atoms with E-state index in [2.05, 4.69) is 10.6 Å².